The number of carbonyl (C=O) groups is 1. The highest BCUT2D eigenvalue weighted by Crippen LogP contribution is 2.28. The van der Waals surface area contributed by atoms with E-state index in [-0.39, 0.29) is 5.91 Å². The van der Waals surface area contributed by atoms with Gasteiger partial charge in [-0.15, -0.1) is 0 Å². The molecular formula is C16H18N2O. The highest BCUT2D eigenvalue weighted by atomic mass is 16.2. The molecule has 0 saturated heterocycles. The first-order chi connectivity index (χ1) is 9.39. The van der Waals surface area contributed by atoms with Crippen molar-refractivity contribution >= 4 is 11.6 Å². The molecule has 0 radical (unpaired) electrons. The zero-order valence-electron chi connectivity index (χ0n) is 12.4. The number of rotatable bonds is 2. The van der Waals surface area contributed by atoms with Gasteiger partial charge in [0.05, 0.1) is 1.37 Å². The smallest absolute Gasteiger partial charge is 0.229 e. The Kier molecular flexibility index (Phi) is 3.27. The number of benzene rings is 1. The maximum Gasteiger partial charge on any atom is 0.229 e. The number of amides is 1. The van der Waals surface area contributed by atoms with E-state index in [9.17, 15) is 4.79 Å². The number of aromatic nitrogens is 1. The molecule has 19 heavy (non-hydrogen) atoms. The zero-order valence-corrected chi connectivity index (χ0v) is 11.4. The monoisotopic (exact) mass is 255 g/mol. The van der Waals surface area contributed by atoms with Crippen molar-refractivity contribution in [1.82, 2.24) is 4.98 Å². The van der Waals surface area contributed by atoms with Gasteiger partial charge in [-0.3, -0.25) is 9.78 Å². The number of pyridine rings is 1. The molecular weight excluding hydrogens is 236 g/mol. The molecule has 1 aromatic carbocycles. The van der Waals surface area contributed by atoms with Gasteiger partial charge in [0, 0.05) is 34.6 Å². The summed E-state index contributed by atoms with van der Waals surface area (Å²) in [4.78, 5) is 16.2. The van der Waals surface area contributed by atoms with Crippen LogP contribution in [-0.4, -0.2) is 10.9 Å². The van der Waals surface area contributed by atoms with Gasteiger partial charge >= 0.3 is 0 Å². The Morgan fingerprint density at radius 1 is 1.26 bits per heavy atom. The third-order valence-corrected chi connectivity index (χ3v) is 2.75. The minimum Gasteiger partial charge on any atom is -0.325 e. The van der Waals surface area contributed by atoms with Crippen LogP contribution in [0.25, 0.3) is 11.1 Å². The number of nitrogens with one attached hydrogen (secondary N) is 1. The molecule has 0 aliphatic heterocycles. The lowest BCUT2D eigenvalue weighted by Crippen LogP contribution is -2.27. The van der Waals surface area contributed by atoms with E-state index in [1.807, 2.05) is 45.0 Å². The van der Waals surface area contributed by atoms with Gasteiger partial charge < -0.3 is 5.32 Å². The number of anilines is 1. The molecule has 0 aliphatic carbocycles. The Morgan fingerprint density at radius 2 is 2.00 bits per heavy atom. The highest BCUT2D eigenvalue weighted by molar-refractivity contribution is 5.98. The lowest BCUT2D eigenvalue weighted by molar-refractivity contribution is -0.123. The van der Waals surface area contributed by atoms with Crippen LogP contribution in [0.4, 0.5) is 5.69 Å². The van der Waals surface area contributed by atoms with Crippen molar-refractivity contribution in [3.8, 4) is 11.1 Å². The Labute approximate surface area is 115 Å². The van der Waals surface area contributed by atoms with Crippen molar-refractivity contribution < 1.29 is 6.17 Å². The zero-order chi connectivity index (χ0) is 14.8. The Balaban J connectivity index is 2.42. The summed E-state index contributed by atoms with van der Waals surface area (Å²) in [5, 5.41) is 2.93. The lowest BCUT2D eigenvalue weighted by atomic mass is 9.95. The fourth-order valence-corrected chi connectivity index (χ4v) is 1.61. The molecule has 1 amide bonds. The van der Waals surface area contributed by atoms with Gasteiger partial charge in [-0.25, -0.2) is 0 Å². The fourth-order valence-electron chi connectivity index (χ4n) is 1.61. The van der Waals surface area contributed by atoms with E-state index in [0.29, 0.717) is 17.3 Å². The first kappa shape index (κ1) is 11.9. The summed E-state index contributed by atoms with van der Waals surface area (Å²) in [6.45, 7) is 5.60. The van der Waals surface area contributed by atoms with E-state index in [2.05, 4.69) is 10.3 Å². The van der Waals surface area contributed by atoms with Crippen molar-refractivity contribution in [3.05, 3.63) is 48.8 Å². The van der Waals surface area contributed by atoms with Gasteiger partial charge in [-0.05, 0) is 12.1 Å². The standard InChI is InChI=1S/C16H18N2O/c1-16(2,3)15(19)18-14-9-5-4-8-13(14)12-7-6-10-17-11-12/h4-11H,1-3H3,(H,18,19)/i7D. The summed E-state index contributed by atoms with van der Waals surface area (Å²) in [7, 11) is 0. The van der Waals surface area contributed by atoms with Crippen molar-refractivity contribution in [2.24, 2.45) is 5.41 Å². The third-order valence-electron chi connectivity index (χ3n) is 2.75. The van der Waals surface area contributed by atoms with Crippen LogP contribution in [0.5, 0.6) is 0 Å². The number of para-hydroxylation sites is 1. The van der Waals surface area contributed by atoms with Crippen molar-refractivity contribution in [3.63, 3.8) is 0 Å². The predicted molar refractivity (Wildman–Crippen MR) is 77.8 cm³/mol. The Hall–Kier alpha value is -2.16. The Morgan fingerprint density at radius 3 is 2.68 bits per heavy atom. The van der Waals surface area contributed by atoms with E-state index >= 15 is 0 Å². The quantitative estimate of drug-likeness (QED) is 0.888. The molecule has 3 nitrogen and oxygen atoms in total. The van der Waals surface area contributed by atoms with E-state index in [1.165, 1.54) is 0 Å². The van der Waals surface area contributed by atoms with Crippen LogP contribution >= 0.6 is 0 Å². The van der Waals surface area contributed by atoms with Crippen LogP contribution in [0.15, 0.2) is 48.8 Å². The first-order valence-corrected chi connectivity index (χ1v) is 6.21. The molecule has 3 heteroatoms. The summed E-state index contributed by atoms with van der Waals surface area (Å²) in [5.41, 5.74) is 1.75. The largest absolute Gasteiger partial charge is 0.325 e. The first-order valence-electron chi connectivity index (χ1n) is 6.71. The normalized spacial score (nSPS) is 11.8. The van der Waals surface area contributed by atoms with Gasteiger partial charge in [0.25, 0.3) is 0 Å². The molecule has 1 aromatic heterocycles. The van der Waals surface area contributed by atoms with Crippen molar-refractivity contribution in [2.45, 2.75) is 20.8 Å². The second-order valence-electron chi connectivity index (χ2n) is 5.40. The summed E-state index contributed by atoms with van der Waals surface area (Å²) < 4.78 is 7.96. The second kappa shape index (κ2) is 5.22. The minimum atomic E-state index is -0.466. The number of hydrogen-bond acceptors (Lipinski definition) is 2. The number of nitrogens with zero attached hydrogens (tertiary/aromatic N) is 1. The van der Waals surface area contributed by atoms with Gasteiger partial charge in [0.15, 0.2) is 0 Å². The van der Waals surface area contributed by atoms with Gasteiger partial charge in [0.2, 0.25) is 5.91 Å². The fraction of sp³-hybridized carbons (Fsp3) is 0.250. The lowest BCUT2D eigenvalue weighted by Gasteiger charge is -2.19. The van der Waals surface area contributed by atoms with Crippen molar-refractivity contribution in [1.29, 1.82) is 0 Å². The van der Waals surface area contributed by atoms with Crippen molar-refractivity contribution in [2.75, 3.05) is 5.32 Å². The molecule has 2 rings (SSSR count). The van der Waals surface area contributed by atoms with E-state index in [1.54, 1.807) is 18.5 Å². The molecule has 98 valence electrons. The summed E-state index contributed by atoms with van der Waals surface area (Å²) >= 11 is 0. The molecule has 0 aliphatic rings. The van der Waals surface area contributed by atoms with E-state index in [4.69, 9.17) is 1.37 Å². The number of carbonyl (C=O) groups excluding carboxylic acids is 1. The molecule has 1 heterocycles. The summed E-state index contributed by atoms with van der Waals surface area (Å²) in [5.74, 6) is -0.0552. The molecule has 1 N–H and O–H groups in total. The average molecular weight is 255 g/mol. The molecule has 0 unspecified atom stereocenters. The molecule has 0 fully saturated rings. The SMILES string of the molecule is [2H]c1ccncc1-c1ccccc1NC(=O)C(C)(C)C. The van der Waals surface area contributed by atoms with Crippen LogP contribution in [0.2, 0.25) is 0 Å². The third kappa shape index (κ3) is 3.19. The van der Waals surface area contributed by atoms with E-state index in [0.717, 1.165) is 5.56 Å². The minimum absolute atomic E-state index is 0.0552. The maximum absolute atomic E-state index is 12.1. The summed E-state index contributed by atoms with van der Waals surface area (Å²) in [6, 6.07) is 9.49. The molecule has 2 aromatic rings. The van der Waals surface area contributed by atoms with Crippen LogP contribution in [-0.2, 0) is 4.79 Å². The second-order valence-corrected chi connectivity index (χ2v) is 5.40. The molecule has 0 bridgehead atoms. The predicted octanol–water partition coefficient (Wildman–Crippen LogP) is 3.73. The maximum atomic E-state index is 12.1. The topological polar surface area (TPSA) is 42.0 Å². The average Bonchev–Trinajstić information content (AvgIpc) is 2.39. The molecule has 0 spiro atoms. The Bertz CT molecular complexity index is 632. The van der Waals surface area contributed by atoms with Gasteiger partial charge in [0.1, 0.15) is 0 Å². The van der Waals surface area contributed by atoms with Crippen LogP contribution < -0.4 is 5.32 Å². The number of hydrogen-bond donors (Lipinski definition) is 1. The van der Waals surface area contributed by atoms with Gasteiger partial charge in [-0.2, -0.15) is 0 Å². The van der Waals surface area contributed by atoms with Crippen LogP contribution in [0.1, 0.15) is 22.1 Å². The van der Waals surface area contributed by atoms with E-state index < -0.39 is 5.41 Å². The summed E-state index contributed by atoms with van der Waals surface area (Å²) in [6.07, 6.45) is 3.23. The van der Waals surface area contributed by atoms with Gasteiger partial charge in [-0.1, -0.05) is 45.0 Å². The van der Waals surface area contributed by atoms with Crippen LogP contribution in [0.3, 0.4) is 0 Å². The molecule has 0 saturated carbocycles. The highest BCUT2D eigenvalue weighted by Gasteiger charge is 2.22. The molecule has 0 atom stereocenters. The van der Waals surface area contributed by atoms with Crippen LogP contribution in [0, 0.1) is 5.41 Å².